The van der Waals surface area contributed by atoms with Crippen LogP contribution in [0, 0.1) is 5.82 Å². The summed E-state index contributed by atoms with van der Waals surface area (Å²) in [4.78, 5) is 11.7. The van der Waals surface area contributed by atoms with Crippen LogP contribution in [0.2, 0.25) is 5.02 Å². The number of benzene rings is 1. The molecule has 0 aliphatic carbocycles. The van der Waals surface area contributed by atoms with E-state index in [1.165, 1.54) is 13.0 Å². The molecule has 0 heterocycles. The van der Waals surface area contributed by atoms with E-state index >= 15 is 0 Å². The summed E-state index contributed by atoms with van der Waals surface area (Å²) in [5.74, 6) is -1.57. The first-order valence-corrected chi connectivity index (χ1v) is 8.31. The van der Waals surface area contributed by atoms with Crippen LogP contribution in [0.15, 0.2) is 18.2 Å². The van der Waals surface area contributed by atoms with E-state index in [1.807, 2.05) is 0 Å². The Kier molecular flexibility index (Phi) is 5.98. The predicted molar refractivity (Wildman–Crippen MR) is 79.4 cm³/mol. The van der Waals surface area contributed by atoms with Gasteiger partial charge in [-0.15, -0.1) is 0 Å². The van der Waals surface area contributed by atoms with Crippen LogP contribution in [0.4, 0.5) is 10.1 Å². The zero-order valence-electron chi connectivity index (χ0n) is 12.0. The van der Waals surface area contributed by atoms with Gasteiger partial charge in [0.25, 0.3) is 0 Å². The van der Waals surface area contributed by atoms with Crippen LogP contribution in [-0.4, -0.2) is 32.8 Å². The van der Waals surface area contributed by atoms with Gasteiger partial charge in [0, 0.05) is 0 Å². The highest BCUT2D eigenvalue weighted by molar-refractivity contribution is 7.92. The second-order valence-corrected chi connectivity index (χ2v) is 7.13. The third kappa shape index (κ3) is 4.86. The molecule has 0 radical (unpaired) electrons. The molecule has 0 fully saturated rings. The van der Waals surface area contributed by atoms with Crippen LogP contribution < -0.4 is 4.31 Å². The molecule has 0 spiro atoms. The van der Waals surface area contributed by atoms with Gasteiger partial charge in [-0.3, -0.25) is 9.10 Å². The van der Waals surface area contributed by atoms with Crippen LogP contribution in [0.1, 0.15) is 20.8 Å². The Morgan fingerprint density at radius 3 is 2.52 bits per heavy atom. The smallest absolute Gasteiger partial charge is 0.327 e. The highest BCUT2D eigenvalue weighted by Crippen LogP contribution is 2.25. The largest absolute Gasteiger partial charge is 0.462 e. The molecule has 0 unspecified atom stereocenters. The van der Waals surface area contributed by atoms with Crippen molar-refractivity contribution in [1.82, 2.24) is 0 Å². The zero-order valence-corrected chi connectivity index (χ0v) is 13.5. The average Bonchev–Trinajstić information content (AvgIpc) is 2.38. The van der Waals surface area contributed by atoms with E-state index in [9.17, 15) is 17.6 Å². The summed E-state index contributed by atoms with van der Waals surface area (Å²) in [5, 5.41) is -0.221. The van der Waals surface area contributed by atoms with E-state index in [2.05, 4.69) is 0 Å². The lowest BCUT2D eigenvalue weighted by Gasteiger charge is -2.23. The summed E-state index contributed by atoms with van der Waals surface area (Å²) in [6.07, 6.45) is -0.361. The van der Waals surface area contributed by atoms with Crippen molar-refractivity contribution in [3.8, 4) is 0 Å². The van der Waals surface area contributed by atoms with Gasteiger partial charge in [0.1, 0.15) is 12.4 Å². The molecule has 118 valence electrons. The van der Waals surface area contributed by atoms with Gasteiger partial charge in [0.2, 0.25) is 10.0 Å². The first kappa shape index (κ1) is 17.7. The maximum absolute atomic E-state index is 13.2. The van der Waals surface area contributed by atoms with Gasteiger partial charge in [-0.05, 0) is 39.0 Å². The van der Waals surface area contributed by atoms with Gasteiger partial charge in [-0.1, -0.05) is 11.6 Å². The summed E-state index contributed by atoms with van der Waals surface area (Å²) in [6.45, 7) is 4.27. The average molecular weight is 338 g/mol. The van der Waals surface area contributed by atoms with Crippen LogP contribution in [0.5, 0.6) is 0 Å². The molecule has 1 aromatic carbocycles. The Morgan fingerprint density at radius 2 is 2.05 bits per heavy atom. The van der Waals surface area contributed by atoms with E-state index < -0.39 is 28.4 Å². The lowest BCUT2D eigenvalue weighted by Crippen LogP contribution is -2.38. The SMILES string of the molecule is CCS(=O)(=O)N(CC(=O)OC(C)C)c1ccc(F)c(Cl)c1. The van der Waals surface area contributed by atoms with Gasteiger partial charge in [0.05, 0.1) is 22.6 Å². The highest BCUT2D eigenvalue weighted by atomic mass is 35.5. The third-order valence-electron chi connectivity index (χ3n) is 2.53. The molecule has 0 amide bonds. The highest BCUT2D eigenvalue weighted by Gasteiger charge is 2.25. The normalized spacial score (nSPS) is 11.5. The first-order valence-electron chi connectivity index (χ1n) is 6.32. The maximum atomic E-state index is 13.2. The van der Waals surface area contributed by atoms with Crippen LogP contribution in [0.3, 0.4) is 0 Å². The number of esters is 1. The van der Waals surface area contributed by atoms with E-state index in [4.69, 9.17) is 16.3 Å². The number of nitrogens with zero attached hydrogens (tertiary/aromatic N) is 1. The molecule has 1 aromatic rings. The summed E-state index contributed by atoms with van der Waals surface area (Å²) < 4.78 is 43.2. The quantitative estimate of drug-likeness (QED) is 0.748. The minimum atomic E-state index is -3.72. The van der Waals surface area contributed by atoms with Crippen molar-refractivity contribution in [3.63, 3.8) is 0 Å². The van der Waals surface area contributed by atoms with Crippen molar-refractivity contribution < 1.29 is 22.3 Å². The lowest BCUT2D eigenvalue weighted by molar-refractivity contribution is -0.145. The van der Waals surface area contributed by atoms with Crippen LogP contribution >= 0.6 is 11.6 Å². The molecule has 0 aliphatic rings. The Labute approximate surface area is 128 Å². The fourth-order valence-electron chi connectivity index (χ4n) is 1.56. The topological polar surface area (TPSA) is 63.7 Å². The molecule has 0 saturated carbocycles. The molecular formula is C13H17ClFNO4S. The van der Waals surface area contributed by atoms with Crippen molar-refractivity contribution in [1.29, 1.82) is 0 Å². The van der Waals surface area contributed by atoms with E-state index in [0.29, 0.717) is 0 Å². The molecular weight excluding hydrogens is 321 g/mol. The predicted octanol–water partition coefficient (Wildman–Crippen LogP) is 2.59. The number of hydrogen-bond donors (Lipinski definition) is 0. The van der Waals surface area contributed by atoms with Gasteiger partial charge in [0.15, 0.2) is 0 Å². The number of carbonyl (C=O) groups excluding carboxylic acids is 1. The number of sulfonamides is 1. The Bertz CT molecular complexity index is 619. The van der Waals surface area contributed by atoms with E-state index in [0.717, 1.165) is 16.4 Å². The molecule has 5 nitrogen and oxygen atoms in total. The van der Waals surface area contributed by atoms with Crippen molar-refractivity contribution in [2.24, 2.45) is 0 Å². The summed E-state index contributed by atoms with van der Waals surface area (Å²) >= 11 is 5.66. The first-order chi connectivity index (χ1) is 9.67. The molecule has 21 heavy (non-hydrogen) atoms. The Hall–Kier alpha value is -1.34. The van der Waals surface area contributed by atoms with Crippen LogP contribution in [0.25, 0.3) is 0 Å². The molecule has 0 bridgehead atoms. The number of anilines is 1. The number of halogens is 2. The minimum absolute atomic E-state index is 0.115. The monoisotopic (exact) mass is 337 g/mol. The van der Waals surface area contributed by atoms with Crippen LogP contribution in [-0.2, 0) is 19.6 Å². The van der Waals surface area contributed by atoms with E-state index in [1.54, 1.807) is 13.8 Å². The maximum Gasteiger partial charge on any atom is 0.327 e. The van der Waals surface area contributed by atoms with Crippen molar-refractivity contribution >= 4 is 33.3 Å². The van der Waals surface area contributed by atoms with Gasteiger partial charge < -0.3 is 4.74 Å². The summed E-state index contributed by atoms with van der Waals surface area (Å²) in [5.41, 5.74) is 0.115. The number of carbonyl (C=O) groups is 1. The van der Waals surface area contributed by atoms with Gasteiger partial charge in [-0.2, -0.15) is 0 Å². The van der Waals surface area contributed by atoms with Crippen molar-refractivity contribution in [3.05, 3.63) is 29.0 Å². The zero-order chi connectivity index (χ0) is 16.2. The second-order valence-electron chi connectivity index (χ2n) is 4.54. The minimum Gasteiger partial charge on any atom is -0.462 e. The molecule has 1 rings (SSSR count). The van der Waals surface area contributed by atoms with Gasteiger partial charge >= 0.3 is 5.97 Å². The number of ether oxygens (including phenoxy) is 1. The van der Waals surface area contributed by atoms with E-state index in [-0.39, 0.29) is 22.6 Å². The fourth-order valence-corrected chi connectivity index (χ4v) is 2.79. The second kappa shape index (κ2) is 7.09. The Morgan fingerprint density at radius 1 is 1.43 bits per heavy atom. The molecule has 0 N–H and O–H groups in total. The standard InChI is InChI=1S/C13H17ClFNO4S/c1-4-21(18,19)16(8-13(17)20-9(2)3)10-5-6-12(15)11(14)7-10/h5-7,9H,4,8H2,1-3H3. The third-order valence-corrected chi connectivity index (χ3v) is 4.56. The molecule has 0 atom stereocenters. The summed E-state index contributed by atoms with van der Waals surface area (Å²) in [6, 6.07) is 3.45. The molecule has 8 heteroatoms. The lowest BCUT2D eigenvalue weighted by atomic mass is 10.3. The molecule has 0 aliphatic heterocycles. The Balaban J connectivity index is 3.14. The van der Waals surface area contributed by atoms with Crippen molar-refractivity contribution in [2.75, 3.05) is 16.6 Å². The van der Waals surface area contributed by atoms with Gasteiger partial charge in [-0.25, -0.2) is 12.8 Å². The number of rotatable bonds is 6. The van der Waals surface area contributed by atoms with Crippen molar-refractivity contribution in [2.45, 2.75) is 26.9 Å². The fraction of sp³-hybridized carbons (Fsp3) is 0.462. The molecule has 0 aromatic heterocycles. The summed E-state index contributed by atoms with van der Waals surface area (Å²) in [7, 11) is -3.72. The molecule has 0 saturated heterocycles. The number of hydrogen-bond acceptors (Lipinski definition) is 4.